The van der Waals surface area contributed by atoms with Gasteiger partial charge in [0.25, 0.3) is 0 Å². The Morgan fingerprint density at radius 2 is 1.86 bits per heavy atom. The second-order valence-corrected chi connectivity index (χ2v) is 7.66. The predicted molar refractivity (Wildman–Crippen MR) is 111 cm³/mol. The summed E-state index contributed by atoms with van der Waals surface area (Å²) in [5.74, 6) is 1.43. The second-order valence-electron chi connectivity index (χ2n) is 6.35. The van der Waals surface area contributed by atoms with E-state index in [1.54, 1.807) is 7.11 Å². The highest BCUT2D eigenvalue weighted by Crippen LogP contribution is 2.31. The number of carbonyl (C=O) groups is 1. The van der Waals surface area contributed by atoms with Gasteiger partial charge in [-0.3, -0.25) is 4.79 Å². The van der Waals surface area contributed by atoms with Gasteiger partial charge in [0.15, 0.2) is 11.0 Å². The Morgan fingerprint density at radius 3 is 2.61 bits per heavy atom. The highest BCUT2D eigenvalue weighted by molar-refractivity contribution is 8.00. The zero-order valence-corrected chi connectivity index (χ0v) is 17.1. The highest BCUT2D eigenvalue weighted by Gasteiger charge is 2.20. The molecule has 146 valence electrons. The van der Waals surface area contributed by atoms with E-state index in [1.165, 1.54) is 17.3 Å². The van der Waals surface area contributed by atoms with Crippen molar-refractivity contribution in [2.75, 3.05) is 13.7 Å². The number of para-hydroxylation sites is 1. The number of benzene rings is 2. The van der Waals surface area contributed by atoms with E-state index in [0.717, 1.165) is 17.7 Å². The van der Waals surface area contributed by atoms with Gasteiger partial charge in [-0.15, -0.1) is 10.2 Å². The molecule has 1 atom stereocenters. The van der Waals surface area contributed by atoms with Crippen molar-refractivity contribution in [3.8, 4) is 17.1 Å². The van der Waals surface area contributed by atoms with Crippen LogP contribution in [-0.4, -0.2) is 39.6 Å². The molecule has 6 nitrogen and oxygen atoms in total. The minimum Gasteiger partial charge on any atom is -0.496 e. The van der Waals surface area contributed by atoms with Crippen molar-refractivity contribution in [3.63, 3.8) is 0 Å². The molecule has 0 saturated carbocycles. The van der Waals surface area contributed by atoms with Crippen molar-refractivity contribution < 1.29 is 9.53 Å². The lowest BCUT2D eigenvalue weighted by molar-refractivity contribution is -0.120. The van der Waals surface area contributed by atoms with Gasteiger partial charge in [0.05, 0.1) is 17.9 Å². The van der Waals surface area contributed by atoms with Crippen LogP contribution in [-0.2, 0) is 18.3 Å². The van der Waals surface area contributed by atoms with Crippen LogP contribution in [0.25, 0.3) is 11.4 Å². The summed E-state index contributed by atoms with van der Waals surface area (Å²) >= 11 is 1.39. The van der Waals surface area contributed by atoms with Crippen molar-refractivity contribution in [1.82, 2.24) is 20.1 Å². The average molecular weight is 397 g/mol. The molecule has 7 heteroatoms. The lowest BCUT2D eigenvalue weighted by Gasteiger charge is -2.12. The summed E-state index contributed by atoms with van der Waals surface area (Å²) in [6, 6.07) is 17.8. The van der Waals surface area contributed by atoms with E-state index in [1.807, 2.05) is 61.0 Å². The molecule has 1 N–H and O–H groups in total. The molecule has 0 fully saturated rings. The molecule has 0 saturated heterocycles. The summed E-state index contributed by atoms with van der Waals surface area (Å²) in [4.78, 5) is 12.4. The molecule has 2 aromatic carbocycles. The van der Waals surface area contributed by atoms with E-state index in [9.17, 15) is 4.79 Å². The highest BCUT2D eigenvalue weighted by atomic mass is 32.2. The SMILES string of the molecule is COc1ccccc1-c1nnc(SC(C)C(=O)NCCc2ccccc2)n1C. The summed E-state index contributed by atoms with van der Waals surface area (Å²) in [5, 5.41) is 12.0. The maximum Gasteiger partial charge on any atom is 0.233 e. The number of ether oxygens (including phenoxy) is 1. The van der Waals surface area contributed by atoms with E-state index in [4.69, 9.17) is 4.74 Å². The van der Waals surface area contributed by atoms with Crippen molar-refractivity contribution in [3.05, 3.63) is 60.2 Å². The zero-order chi connectivity index (χ0) is 19.9. The van der Waals surface area contributed by atoms with E-state index in [-0.39, 0.29) is 11.2 Å². The van der Waals surface area contributed by atoms with Gasteiger partial charge in [-0.25, -0.2) is 0 Å². The molecule has 1 aromatic heterocycles. The fraction of sp³-hybridized carbons (Fsp3) is 0.286. The van der Waals surface area contributed by atoms with Crippen LogP contribution in [0.4, 0.5) is 0 Å². The first-order valence-electron chi connectivity index (χ1n) is 9.11. The van der Waals surface area contributed by atoms with Crippen molar-refractivity contribution in [1.29, 1.82) is 0 Å². The van der Waals surface area contributed by atoms with Gasteiger partial charge in [-0.2, -0.15) is 0 Å². The maximum atomic E-state index is 12.4. The molecule has 1 heterocycles. The number of hydrogen-bond donors (Lipinski definition) is 1. The van der Waals surface area contributed by atoms with Crippen LogP contribution >= 0.6 is 11.8 Å². The smallest absolute Gasteiger partial charge is 0.233 e. The summed E-state index contributed by atoms with van der Waals surface area (Å²) in [7, 11) is 3.52. The number of nitrogens with zero attached hydrogens (tertiary/aromatic N) is 3. The Hall–Kier alpha value is -2.80. The molecule has 0 radical (unpaired) electrons. The minimum atomic E-state index is -0.274. The third-order valence-electron chi connectivity index (χ3n) is 4.39. The van der Waals surface area contributed by atoms with Gasteiger partial charge in [-0.05, 0) is 31.0 Å². The molecule has 0 aliphatic carbocycles. The first-order valence-corrected chi connectivity index (χ1v) is 9.99. The van der Waals surface area contributed by atoms with Crippen LogP contribution in [0.15, 0.2) is 59.8 Å². The largest absolute Gasteiger partial charge is 0.496 e. The lowest BCUT2D eigenvalue weighted by atomic mass is 10.1. The number of aromatic nitrogens is 3. The van der Waals surface area contributed by atoms with Crippen LogP contribution < -0.4 is 10.1 Å². The Labute approximate surface area is 169 Å². The first-order chi connectivity index (χ1) is 13.6. The van der Waals surface area contributed by atoms with Gasteiger partial charge in [-0.1, -0.05) is 54.2 Å². The van der Waals surface area contributed by atoms with Crippen molar-refractivity contribution in [2.24, 2.45) is 7.05 Å². The number of hydrogen-bond acceptors (Lipinski definition) is 5. The zero-order valence-electron chi connectivity index (χ0n) is 16.3. The van der Waals surface area contributed by atoms with Gasteiger partial charge in [0.2, 0.25) is 5.91 Å². The monoisotopic (exact) mass is 396 g/mol. The summed E-state index contributed by atoms with van der Waals surface area (Å²) in [6.07, 6.45) is 0.811. The predicted octanol–water partition coefficient (Wildman–Crippen LogP) is 3.33. The maximum absolute atomic E-state index is 12.4. The normalized spacial score (nSPS) is 11.8. The number of amides is 1. The van der Waals surface area contributed by atoms with E-state index in [0.29, 0.717) is 17.5 Å². The van der Waals surface area contributed by atoms with E-state index in [2.05, 4.69) is 27.6 Å². The van der Waals surface area contributed by atoms with Crippen LogP contribution in [0.5, 0.6) is 5.75 Å². The summed E-state index contributed by atoms with van der Waals surface area (Å²) in [6.45, 7) is 2.49. The lowest BCUT2D eigenvalue weighted by Crippen LogP contribution is -2.32. The van der Waals surface area contributed by atoms with Gasteiger partial charge >= 0.3 is 0 Å². The van der Waals surface area contributed by atoms with Crippen LogP contribution in [0, 0.1) is 0 Å². The Balaban J connectivity index is 1.60. The summed E-state index contributed by atoms with van der Waals surface area (Å²) in [5.41, 5.74) is 2.07. The minimum absolute atomic E-state index is 0.0113. The van der Waals surface area contributed by atoms with Gasteiger partial charge < -0.3 is 14.6 Å². The molecule has 0 bridgehead atoms. The van der Waals surface area contributed by atoms with Gasteiger partial charge in [0, 0.05) is 13.6 Å². The van der Waals surface area contributed by atoms with E-state index >= 15 is 0 Å². The molecule has 3 aromatic rings. The summed E-state index contributed by atoms with van der Waals surface area (Å²) < 4.78 is 7.30. The third-order valence-corrected chi connectivity index (χ3v) is 5.52. The van der Waals surface area contributed by atoms with E-state index < -0.39 is 0 Å². The second kappa shape index (κ2) is 9.41. The third kappa shape index (κ3) is 4.72. The van der Waals surface area contributed by atoms with Gasteiger partial charge in [0.1, 0.15) is 5.75 Å². The fourth-order valence-electron chi connectivity index (χ4n) is 2.81. The number of methoxy groups -OCH3 is 1. The van der Waals surface area contributed by atoms with Crippen molar-refractivity contribution >= 4 is 17.7 Å². The number of carbonyl (C=O) groups excluding carboxylic acids is 1. The molecular weight excluding hydrogens is 372 g/mol. The van der Waals surface area contributed by atoms with Crippen LogP contribution in [0.2, 0.25) is 0 Å². The van der Waals surface area contributed by atoms with Crippen LogP contribution in [0.1, 0.15) is 12.5 Å². The first kappa shape index (κ1) is 19.9. The molecule has 0 aliphatic heterocycles. The molecule has 1 unspecified atom stereocenters. The molecule has 1 amide bonds. The fourth-order valence-corrected chi connectivity index (χ4v) is 3.65. The number of thioether (sulfide) groups is 1. The molecule has 0 aliphatic rings. The Bertz CT molecular complexity index is 927. The Morgan fingerprint density at radius 1 is 1.14 bits per heavy atom. The topological polar surface area (TPSA) is 69.0 Å². The van der Waals surface area contributed by atoms with Crippen LogP contribution in [0.3, 0.4) is 0 Å². The Kier molecular flexibility index (Phi) is 6.71. The standard InChI is InChI=1S/C21H24N4O2S/c1-15(20(26)22-14-13-16-9-5-4-6-10-16)28-21-24-23-19(25(21)2)17-11-7-8-12-18(17)27-3/h4-12,15H,13-14H2,1-3H3,(H,22,26). The molecule has 28 heavy (non-hydrogen) atoms. The average Bonchev–Trinajstić information content (AvgIpc) is 3.08. The number of rotatable bonds is 8. The molecule has 3 rings (SSSR count). The quantitative estimate of drug-likeness (QED) is 0.592. The molecule has 0 spiro atoms. The van der Waals surface area contributed by atoms with Crippen molar-refractivity contribution in [2.45, 2.75) is 23.8 Å². The molecular formula is C21H24N4O2S. The number of nitrogens with one attached hydrogen (secondary N) is 1.